The maximum atomic E-state index is 12.6. The molecule has 0 unspecified atom stereocenters. The van der Waals surface area contributed by atoms with Gasteiger partial charge in [0.2, 0.25) is 5.88 Å². The highest BCUT2D eigenvalue weighted by Gasteiger charge is 2.24. The van der Waals surface area contributed by atoms with Crippen LogP contribution >= 0.6 is 0 Å². The van der Waals surface area contributed by atoms with Gasteiger partial charge in [-0.3, -0.25) is 4.90 Å². The van der Waals surface area contributed by atoms with Crippen LogP contribution in [0.25, 0.3) is 10.9 Å². The Balaban J connectivity index is 1.08. The van der Waals surface area contributed by atoms with E-state index in [9.17, 15) is 4.79 Å². The van der Waals surface area contributed by atoms with E-state index in [4.69, 9.17) is 13.9 Å². The van der Waals surface area contributed by atoms with Crippen LogP contribution in [0.4, 0.5) is 4.79 Å². The highest BCUT2D eigenvalue weighted by atomic mass is 16.6. The molecular weight excluding hydrogens is 456 g/mol. The molecular formula is C28H38N4O4. The lowest BCUT2D eigenvalue weighted by molar-refractivity contribution is 0.125. The van der Waals surface area contributed by atoms with E-state index in [1.165, 1.54) is 38.8 Å². The lowest BCUT2D eigenvalue weighted by Gasteiger charge is -2.36. The number of nitrogens with one attached hydrogen (secondary N) is 2. The van der Waals surface area contributed by atoms with Gasteiger partial charge >= 0.3 is 6.09 Å². The van der Waals surface area contributed by atoms with Gasteiger partial charge in [-0.25, -0.2) is 4.79 Å². The van der Waals surface area contributed by atoms with Gasteiger partial charge in [-0.15, -0.1) is 0 Å². The Morgan fingerprint density at radius 1 is 1.14 bits per heavy atom. The number of hydrogen-bond donors (Lipinski definition) is 2. The molecule has 36 heavy (non-hydrogen) atoms. The van der Waals surface area contributed by atoms with Crippen molar-refractivity contribution in [2.24, 2.45) is 0 Å². The van der Waals surface area contributed by atoms with Gasteiger partial charge in [-0.2, -0.15) is 0 Å². The molecule has 8 heteroatoms. The van der Waals surface area contributed by atoms with Crippen LogP contribution in [0.2, 0.25) is 0 Å². The molecule has 2 fully saturated rings. The van der Waals surface area contributed by atoms with Gasteiger partial charge in [-0.05, 0) is 63.9 Å². The Bertz CT molecular complexity index is 1100. The molecule has 1 atom stereocenters. The summed E-state index contributed by atoms with van der Waals surface area (Å²) in [5.74, 6) is 1.13. The number of benzene rings is 1. The summed E-state index contributed by atoms with van der Waals surface area (Å²) in [7, 11) is 0. The SMILES string of the molecule is C[C@@H](CN1CCC(NC(=O)Oc2cc3c(OCc4ccoc4)cccc3[nH]2)CC1)N1CCCCCC1. The molecule has 0 saturated carbocycles. The molecule has 2 aliphatic heterocycles. The van der Waals surface area contributed by atoms with Crippen LogP contribution in [0.3, 0.4) is 0 Å². The Morgan fingerprint density at radius 2 is 1.94 bits per heavy atom. The van der Waals surface area contributed by atoms with E-state index in [-0.39, 0.29) is 6.04 Å². The molecule has 2 aromatic heterocycles. The second kappa shape index (κ2) is 11.8. The Kier molecular flexibility index (Phi) is 8.13. The van der Waals surface area contributed by atoms with Crippen molar-refractivity contribution in [3.63, 3.8) is 0 Å². The molecule has 0 radical (unpaired) electrons. The first-order chi connectivity index (χ1) is 17.6. The second-order valence-electron chi connectivity index (χ2n) is 10.2. The maximum Gasteiger partial charge on any atom is 0.414 e. The molecule has 1 amide bonds. The summed E-state index contributed by atoms with van der Waals surface area (Å²) in [4.78, 5) is 21.0. The minimum atomic E-state index is -0.418. The first kappa shape index (κ1) is 24.7. The topological polar surface area (TPSA) is 83.0 Å². The Morgan fingerprint density at radius 3 is 2.69 bits per heavy atom. The van der Waals surface area contributed by atoms with Crippen molar-refractivity contribution in [1.29, 1.82) is 0 Å². The number of carbonyl (C=O) groups is 1. The third kappa shape index (κ3) is 6.42. The fourth-order valence-corrected chi connectivity index (χ4v) is 5.40. The lowest BCUT2D eigenvalue weighted by Crippen LogP contribution is -2.49. The van der Waals surface area contributed by atoms with E-state index >= 15 is 0 Å². The number of ether oxygens (including phenoxy) is 2. The molecule has 2 saturated heterocycles. The minimum Gasteiger partial charge on any atom is -0.488 e. The van der Waals surface area contributed by atoms with Crippen molar-refractivity contribution in [3.05, 3.63) is 48.4 Å². The zero-order valence-corrected chi connectivity index (χ0v) is 21.2. The zero-order valence-electron chi connectivity index (χ0n) is 21.2. The van der Waals surface area contributed by atoms with E-state index in [2.05, 4.69) is 27.0 Å². The fraction of sp³-hybridized carbons (Fsp3) is 0.536. The normalized spacial score (nSPS) is 19.1. The lowest BCUT2D eigenvalue weighted by atomic mass is 10.0. The molecule has 1 aromatic carbocycles. The van der Waals surface area contributed by atoms with Gasteiger partial charge in [-0.1, -0.05) is 18.9 Å². The Labute approximate surface area is 212 Å². The average molecular weight is 495 g/mol. The largest absolute Gasteiger partial charge is 0.488 e. The van der Waals surface area contributed by atoms with E-state index in [0.717, 1.165) is 54.7 Å². The van der Waals surface area contributed by atoms with Crippen molar-refractivity contribution < 1.29 is 18.7 Å². The van der Waals surface area contributed by atoms with Crippen LogP contribution in [0.1, 0.15) is 51.0 Å². The summed E-state index contributed by atoms with van der Waals surface area (Å²) < 4.78 is 16.6. The van der Waals surface area contributed by atoms with Gasteiger partial charge < -0.3 is 29.1 Å². The zero-order chi connectivity index (χ0) is 24.7. The van der Waals surface area contributed by atoms with Crippen LogP contribution < -0.4 is 14.8 Å². The average Bonchev–Trinajstić information content (AvgIpc) is 3.46. The number of fused-ring (bicyclic) bond motifs is 1. The summed E-state index contributed by atoms with van der Waals surface area (Å²) in [6, 6.07) is 10.2. The number of aromatic amines is 1. The summed E-state index contributed by atoms with van der Waals surface area (Å²) >= 11 is 0. The number of likely N-dealkylation sites (tertiary alicyclic amines) is 2. The minimum absolute atomic E-state index is 0.139. The van der Waals surface area contributed by atoms with E-state index in [1.54, 1.807) is 12.5 Å². The van der Waals surface area contributed by atoms with Gasteiger partial charge in [0.25, 0.3) is 0 Å². The number of amides is 1. The van der Waals surface area contributed by atoms with Crippen molar-refractivity contribution in [2.45, 2.75) is 64.1 Å². The first-order valence-electron chi connectivity index (χ1n) is 13.3. The molecule has 0 aliphatic carbocycles. The number of nitrogens with zero attached hydrogens (tertiary/aromatic N) is 2. The van der Waals surface area contributed by atoms with Crippen LogP contribution in [-0.2, 0) is 6.61 Å². The molecule has 3 aromatic rings. The molecule has 194 valence electrons. The van der Waals surface area contributed by atoms with Crippen molar-refractivity contribution in [3.8, 4) is 11.6 Å². The van der Waals surface area contributed by atoms with Gasteiger partial charge in [0, 0.05) is 48.7 Å². The van der Waals surface area contributed by atoms with Gasteiger partial charge in [0.05, 0.1) is 18.0 Å². The number of H-pyrrole nitrogens is 1. The van der Waals surface area contributed by atoms with Crippen molar-refractivity contribution in [1.82, 2.24) is 20.1 Å². The highest BCUT2D eigenvalue weighted by molar-refractivity contribution is 5.88. The predicted molar refractivity (Wildman–Crippen MR) is 139 cm³/mol. The van der Waals surface area contributed by atoms with Crippen molar-refractivity contribution in [2.75, 3.05) is 32.7 Å². The molecule has 0 spiro atoms. The maximum absolute atomic E-state index is 12.6. The summed E-state index contributed by atoms with van der Waals surface area (Å²) in [6.45, 7) is 8.36. The van der Waals surface area contributed by atoms with E-state index in [1.807, 2.05) is 30.3 Å². The molecule has 4 heterocycles. The van der Waals surface area contributed by atoms with E-state index in [0.29, 0.717) is 18.5 Å². The monoisotopic (exact) mass is 494 g/mol. The fourth-order valence-electron chi connectivity index (χ4n) is 5.40. The van der Waals surface area contributed by atoms with Gasteiger partial charge in [0.15, 0.2) is 0 Å². The number of rotatable bonds is 8. The number of furan rings is 1. The third-order valence-corrected chi connectivity index (χ3v) is 7.47. The quantitative estimate of drug-likeness (QED) is 0.450. The number of hydrogen-bond acceptors (Lipinski definition) is 6. The number of aromatic nitrogens is 1. The first-order valence-corrected chi connectivity index (χ1v) is 13.3. The summed E-state index contributed by atoms with van der Waals surface area (Å²) in [6.07, 6.45) is 10.2. The van der Waals surface area contributed by atoms with Crippen LogP contribution in [0.5, 0.6) is 11.6 Å². The number of piperidine rings is 1. The van der Waals surface area contributed by atoms with Crippen molar-refractivity contribution >= 4 is 17.0 Å². The van der Waals surface area contributed by atoms with Crippen LogP contribution in [0, 0.1) is 0 Å². The Hall–Kier alpha value is -2.97. The molecule has 0 bridgehead atoms. The highest BCUT2D eigenvalue weighted by Crippen LogP contribution is 2.30. The van der Waals surface area contributed by atoms with Gasteiger partial charge in [0.1, 0.15) is 12.4 Å². The smallest absolute Gasteiger partial charge is 0.414 e. The molecule has 2 N–H and O–H groups in total. The van der Waals surface area contributed by atoms with Crippen LogP contribution in [0.15, 0.2) is 47.3 Å². The third-order valence-electron chi connectivity index (χ3n) is 7.47. The standard InChI is InChI=1S/C28H38N4O4/c1-21(32-12-4-2-3-5-13-32)18-31-14-9-23(10-15-31)29-28(33)36-27-17-24-25(30-27)7-6-8-26(24)35-20-22-11-16-34-19-22/h6-8,11,16-17,19,21,23,30H,2-5,9-10,12-15,18,20H2,1H3,(H,29,33)/t21-/m0/s1. The van der Waals surface area contributed by atoms with E-state index < -0.39 is 6.09 Å². The molecule has 8 nitrogen and oxygen atoms in total. The predicted octanol–water partition coefficient (Wildman–Crippen LogP) is 5.16. The van der Waals surface area contributed by atoms with Crippen LogP contribution in [-0.4, -0.2) is 65.7 Å². The molecule has 5 rings (SSSR count). The summed E-state index contributed by atoms with van der Waals surface area (Å²) in [5.41, 5.74) is 1.81. The number of carbonyl (C=O) groups excluding carboxylic acids is 1. The summed E-state index contributed by atoms with van der Waals surface area (Å²) in [5, 5.41) is 3.93. The second-order valence-corrected chi connectivity index (χ2v) is 10.2. The molecule has 2 aliphatic rings.